The number of hydrogen-bond acceptors (Lipinski definition) is 7. The second-order valence-corrected chi connectivity index (χ2v) is 6.88. The zero-order valence-corrected chi connectivity index (χ0v) is 15.4. The van der Waals surface area contributed by atoms with E-state index >= 15 is 0 Å². The number of aromatic nitrogens is 4. The van der Waals surface area contributed by atoms with Crippen LogP contribution in [0, 0.1) is 15.9 Å². The van der Waals surface area contributed by atoms with Gasteiger partial charge in [0, 0.05) is 18.7 Å². The number of nitrogens with one attached hydrogen (secondary N) is 1. The van der Waals surface area contributed by atoms with Crippen molar-refractivity contribution in [1.29, 1.82) is 0 Å². The van der Waals surface area contributed by atoms with Gasteiger partial charge in [-0.15, -0.1) is 5.10 Å². The van der Waals surface area contributed by atoms with E-state index in [9.17, 15) is 32.5 Å². The van der Waals surface area contributed by atoms with Crippen molar-refractivity contribution in [3.05, 3.63) is 57.8 Å². The molecular weight excluding hydrogens is 428 g/mol. The van der Waals surface area contributed by atoms with E-state index < -0.39 is 58.5 Å². The largest absolute Gasteiger partial charge is 0.405 e. The Labute approximate surface area is 170 Å². The van der Waals surface area contributed by atoms with Crippen molar-refractivity contribution in [3.63, 3.8) is 0 Å². The van der Waals surface area contributed by atoms with Gasteiger partial charge in [-0.2, -0.15) is 18.2 Å². The third-order valence-corrected chi connectivity index (χ3v) is 5.07. The van der Waals surface area contributed by atoms with Gasteiger partial charge < -0.3 is 19.5 Å². The quantitative estimate of drug-likeness (QED) is 0.375. The van der Waals surface area contributed by atoms with Gasteiger partial charge in [0.2, 0.25) is 11.7 Å². The van der Waals surface area contributed by atoms with Crippen LogP contribution in [-0.2, 0) is 5.41 Å². The third-order valence-electron chi connectivity index (χ3n) is 5.07. The van der Waals surface area contributed by atoms with Gasteiger partial charge in [-0.1, -0.05) is 10.3 Å². The molecule has 0 bridgehead atoms. The first kappa shape index (κ1) is 20.4. The lowest BCUT2D eigenvalue weighted by Gasteiger charge is -2.27. The molecule has 1 atom stereocenters. The standard InChI is InChI=1S/C17H12F4N6O4/c18-10-3-1-9(2-4-10)12-23-15(31-25-12)16(17(19,20)21)5-6-26(8-16)14(28)11-7-22-24-13(11)27(29)30/h1-4,7H,5-6,8H2,(H,22,24). The minimum atomic E-state index is -4.86. The molecule has 3 aromatic rings. The number of nitro groups is 1. The topological polar surface area (TPSA) is 131 Å². The van der Waals surface area contributed by atoms with Gasteiger partial charge in [0.15, 0.2) is 11.0 Å². The molecule has 2 aromatic heterocycles. The van der Waals surface area contributed by atoms with Crippen LogP contribution in [0.4, 0.5) is 23.4 Å². The number of rotatable bonds is 4. The third kappa shape index (κ3) is 3.39. The lowest BCUT2D eigenvalue weighted by atomic mass is 9.86. The lowest BCUT2D eigenvalue weighted by molar-refractivity contribution is -0.389. The molecule has 10 nitrogen and oxygen atoms in total. The minimum Gasteiger partial charge on any atom is -0.358 e. The van der Waals surface area contributed by atoms with Crippen LogP contribution in [-0.4, -0.2) is 55.3 Å². The molecule has 0 aliphatic carbocycles. The molecule has 162 valence electrons. The molecule has 4 rings (SSSR count). The van der Waals surface area contributed by atoms with Crippen molar-refractivity contribution in [3.8, 4) is 11.4 Å². The maximum atomic E-state index is 14.1. The molecular formula is C17H12F4N6O4. The fourth-order valence-electron chi connectivity index (χ4n) is 3.39. The monoisotopic (exact) mass is 440 g/mol. The minimum absolute atomic E-state index is 0.172. The molecule has 1 N–H and O–H groups in total. The second kappa shape index (κ2) is 7.14. The highest BCUT2D eigenvalue weighted by atomic mass is 19.4. The molecule has 1 amide bonds. The number of likely N-dealkylation sites (tertiary alicyclic amines) is 1. The molecule has 1 unspecified atom stereocenters. The Morgan fingerprint density at radius 1 is 1.29 bits per heavy atom. The molecule has 3 heterocycles. The van der Waals surface area contributed by atoms with E-state index in [0.717, 1.165) is 23.2 Å². The first-order valence-corrected chi connectivity index (χ1v) is 8.76. The van der Waals surface area contributed by atoms with Gasteiger partial charge in [-0.3, -0.25) is 4.79 Å². The Bertz CT molecular complexity index is 1140. The van der Waals surface area contributed by atoms with E-state index in [1.165, 1.54) is 12.1 Å². The number of amides is 1. The molecule has 1 fully saturated rings. The van der Waals surface area contributed by atoms with Gasteiger partial charge in [-0.05, 0) is 35.6 Å². The van der Waals surface area contributed by atoms with E-state index in [0.29, 0.717) is 0 Å². The van der Waals surface area contributed by atoms with Crippen molar-refractivity contribution in [2.24, 2.45) is 0 Å². The summed E-state index contributed by atoms with van der Waals surface area (Å²) in [7, 11) is 0. The zero-order valence-electron chi connectivity index (χ0n) is 15.4. The fraction of sp³-hybridized carbons (Fsp3) is 0.294. The van der Waals surface area contributed by atoms with Crippen LogP contribution in [0.2, 0.25) is 0 Å². The fourth-order valence-corrected chi connectivity index (χ4v) is 3.39. The summed E-state index contributed by atoms with van der Waals surface area (Å²) in [4.78, 5) is 27.4. The van der Waals surface area contributed by atoms with E-state index in [2.05, 4.69) is 15.2 Å². The van der Waals surface area contributed by atoms with Crippen molar-refractivity contribution in [1.82, 2.24) is 25.2 Å². The number of H-pyrrole nitrogens is 1. The Morgan fingerprint density at radius 3 is 2.65 bits per heavy atom. The SMILES string of the molecule is O=C(c1cn[nH]c1[N+](=O)[O-])N1CCC(c2nc(-c3ccc(F)cc3)no2)(C(F)(F)F)C1. The summed E-state index contributed by atoms with van der Waals surface area (Å²) in [5.74, 6) is -3.17. The number of hydrogen-bond donors (Lipinski definition) is 1. The van der Waals surface area contributed by atoms with Crippen LogP contribution in [0.1, 0.15) is 22.7 Å². The summed E-state index contributed by atoms with van der Waals surface area (Å²) < 4.78 is 60.3. The number of halogens is 4. The van der Waals surface area contributed by atoms with Gasteiger partial charge >= 0.3 is 12.0 Å². The molecule has 1 aliphatic heterocycles. The molecule has 1 aliphatic rings. The van der Waals surface area contributed by atoms with Gasteiger partial charge in [0.05, 0.1) is 6.20 Å². The molecule has 14 heteroatoms. The summed E-state index contributed by atoms with van der Waals surface area (Å²) in [6, 6.07) is 4.76. The van der Waals surface area contributed by atoms with Crippen LogP contribution in [0.3, 0.4) is 0 Å². The van der Waals surface area contributed by atoms with Gasteiger partial charge in [0.25, 0.3) is 5.91 Å². The molecule has 0 spiro atoms. The lowest BCUT2D eigenvalue weighted by Crippen LogP contribution is -2.46. The van der Waals surface area contributed by atoms with Crippen LogP contribution in [0.15, 0.2) is 35.0 Å². The van der Waals surface area contributed by atoms with E-state index in [1.54, 1.807) is 0 Å². The van der Waals surface area contributed by atoms with Gasteiger partial charge in [-0.25, -0.2) is 4.39 Å². The Hall–Kier alpha value is -3.84. The van der Waals surface area contributed by atoms with Crippen molar-refractivity contribution in [2.75, 3.05) is 13.1 Å². The normalized spacial score (nSPS) is 19.0. The highest BCUT2D eigenvalue weighted by Gasteiger charge is 2.63. The van der Waals surface area contributed by atoms with Crippen molar-refractivity contribution >= 4 is 11.7 Å². The van der Waals surface area contributed by atoms with Crippen molar-refractivity contribution < 1.29 is 31.8 Å². The first-order chi connectivity index (χ1) is 14.6. The predicted octanol–water partition coefficient (Wildman–Crippen LogP) is 2.85. The molecule has 31 heavy (non-hydrogen) atoms. The van der Waals surface area contributed by atoms with Crippen LogP contribution >= 0.6 is 0 Å². The summed E-state index contributed by atoms with van der Waals surface area (Å²) in [6.45, 7) is -1.22. The average Bonchev–Trinajstić information content (AvgIpc) is 3.45. The van der Waals surface area contributed by atoms with E-state index in [4.69, 9.17) is 4.52 Å². The number of carbonyl (C=O) groups excluding carboxylic acids is 1. The average molecular weight is 440 g/mol. The highest BCUT2D eigenvalue weighted by Crippen LogP contribution is 2.47. The number of aromatic amines is 1. The second-order valence-electron chi connectivity index (χ2n) is 6.88. The highest BCUT2D eigenvalue weighted by molar-refractivity contribution is 5.97. The molecule has 0 radical (unpaired) electrons. The van der Waals surface area contributed by atoms with Gasteiger partial charge in [0.1, 0.15) is 5.82 Å². The summed E-state index contributed by atoms with van der Waals surface area (Å²) >= 11 is 0. The van der Waals surface area contributed by atoms with Crippen molar-refractivity contribution in [2.45, 2.75) is 18.0 Å². The van der Waals surface area contributed by atoms with Crippen LogP contribution in [0.5, 0.6) is 0 Å². The number of alkyl halides is 3. The Kier molecular flexibility index (Phi) is 4.71. The Balaban J connectivity index is 1.66. The molecule has 0 saturated carbocycles. The number of benzene rings is 1. The van der Waals surface area contributed by atoms with E-state index in [1.807, 2.05) is 5.10 Å². The van der Waals surface area contributed by atoms with Crippen LogP contribution in [0.25, 0.3) is 11.4 Å². The maximum Gasteiger partial charge on any atom is 0.405 e. The maximum absolute atomic E-state index is 14.1. The van der Waals surface area contributed by atoms with E-state index in [-0.39, 0.29) is 17.9 Å². The summed E-state index contributed by atoms with van der Waals surface area (Å²) in [5, 5.41) is 20.0. The summed E-state index contributed by atoms with van der Waals surface area (Å²) in [6.07, 6.45) is -4.57. The zero-order chi connectivity index (χ0) is 22.4. The summed E-state index contributed by atoms with van der Waals surface area (Å²) in [5.41, 5.74) is -2.87. The predicted molar refractivity (Wildman–Crippen MR) is 93.2 cm³/mol. The van der Waals surface area contributed by atoms with Crippen LogP contribution < -0.4 is 0 Å². The molecule has 1 saturated heterocycles. The Morgan fingerprint density at radius 2 is 2.00 bits per heavy atom. The number of nitrogens with zero attached hydrogens (tertiary/aromatic N) is 5. The first-order valence-electron chi connectivity index (χ1n) is 8.76. The molecule has 1 aromatic carbocycles. The number of carbonyl (C=O) groups is 1. The smallest absolute Gasteiger partial charge is 0.358 e.